The van der Waals surface area contributed by atoms with Gasteiger partial charge in [0.2, 0.25) is 10.0 Å². The van der Waals surface area contributed by atoms with E-state index in [1.807, 2.05) is 44.2 Å². The van der Waals surface area contributed by atoms with Crippen molar-refractivity contribution >= 4 is 20.8 Å². The topological polar surface area (TPSA) is 63.4 Å². The zero-order chi connectivity index (χ0) is 14.8. The molecule has 0 aliphatic rings. The summed E-state index contributed by atoms with van der Waals surface area (Å²) in [4.78, 5) is 0.345. The van der Waals surface area contributed by atoms with Crippen LogP contribution in [0.2, 0.25) is 0 Å². The van der Waals surface area contributed by atoms with Crippen LogP contribution in [-0.4, -0.2) is 31.9 Å². The van der Waals surface area contributed by atoms with Gasteiger partial charge in [-0.1, -0.05) is 36.4 Å². The Morgan fingerprint density at radius 1 is 1.10 bits per heavy atom. The van der Waals surface area contributed by atoms with Crippen LogP contribution in [0.3, 0.4) is 0 Å². The second kappa shape index (κ2) is 5.91. The molecule has 2 rings (SSSR count). The van der Waals surface area contributed by atoms with Crippen LogP contribution in [-0.2, 0) is 10.0 Å². The second-order valence-corrected chi connectivity index (χ2v) is 6.83. The van der Waals surface area contributed by atoms with E-state index in [-0.39, 0.29) is 6.04 Å². The molecule has 0 heterocycles. The maximum Gasteiger partial charge on any atom is 0.243 e. The number of benzene rings is 2. The maximum atomic E-state index is 12.8. The van der Waals surface area contributed by atoms with Gasteiger partial charge in [0.1, 0.15) is 0 Å². The lowest BCUT2D eigenvalue weighted by Crippen LogP contribution is -2.40. The van der Waals surface area contributed by atoms with Crippen molar-refractivity contribution < 1.29 is 8.42 Å². The summed E-state index contributed by atoms with van der Waals surface area (Å²) in [5.74, 6) is 0. The number of nitrogens with two attached hydrogens (primary N) is 1. The number of hydrogen-bond acceptors (Lipinski definition) is 3. The van der Waals surface area contributed by atoms with Crippen molar-refractivity contribution in [3.05, 3.63) is 42.5 Å². The molecule has 0 unspecified atom stereocenters. The molecule has 108 valence electrons. The first-order chi connectivity index (χ1) is 9.48. The van der Waals surface area contributed by atoms with Gasteiger partial charge in [0.25, 0.3) is 0 Å². The Kier molecular flexibility index (Phi) is 4.42. The summed E-state index contributed by atoms with van der Waals surface area (Å²) in [6, 6.07) is 12.7. The van der Waals surface area contributed by atoms with Gasteiger partial charge in [-0.25, -0.2) is 8.42 Å². The monoisotopic (exact) mass is 292 g/mol. The molecule has 0 radical (unpaired) electrons. The molecule has 0 saturated heterocycles. The largest absolute Gasteiger partial charge is 0.329 e. The molecule has 0 saturated carbocycles. The van der Waals surface area contributed by atoms with E-state index in [2.05, 4.69) is 0 Å². The molecule has 0 fully saturated rings. The van der Waals surface area contributed by atoms with Gasteiger partial charge in [0.05, 0.1) is 4.90 Å². The molecule has 2 aromatic rings. The van der Waals surface area contributed by atoms with Gasteiger partial charge < -0.3 is 5.73 Å². The third kappa shape index (κ3) is 2.70. The Morgan fingerprint density at radius 3 is 2.40 bits per heavy atom. The predicted molar refractivity (Wildman–Crippen MR) is 82.0 cm³/mol. The van der Waals surface area contributed by atoms with Gasteiger partial charge in [-0.2, -0.15) is 4.31 Å². The van der Waals surface area contributed by atoms with Crippen LogP contribution in [0.4, 0.5) is 0 Å². The molecule has 0 amide bonds. The summed E-state index contributed by atoms with van der Waals surface area (Å²) in [6.45, 7) is 4.35. The van der Waals surface area contributed by atoms with E-state index < -0.39 is 10.0 Å². The van der Waals surface area contributed by atoms with E-state index in [1.54, 1.807) is 12.1 Å². The van der Waals surface area contributed by atoms with Crippen LogP contribution in [0.15, 0.2) is 47.4 Å². The highest BCUT2D eigenvalue weighted by atomic mass is 32.2. The average molecular weight is 292 g/mol. The summed E-state index contributed by atoms with van der Waals surface area (Å²) in [7, 11) is -3.54. The number of nitrogens with zero attached hydrogens (tertiary/aromatic N) is 1. The number of rotatable bonds is 5. The van der Waals surface area contributed by atoms with Gasteiger partial charge in [0.15, 0.2) is 0 Å². The molecule has 0 aromatic heterocycles. The molecule has 0 bridgehead atoms. The Hall–Kier alpha value is -1.43. The summed E-state index contributed by atoms with van der Waals surface area (Å²) in [5, 5.41) is 1.67. The van der Waals surface area contributed by atoms with Crippen LogP contribution >= 0.6 is 0 Å². The van der Waals surface area contributed by atoms with Crippen molar-refractivity contribution in [2.45, 2.75) is 24.8 Å². The van der Waals surface area contributed by atoms with Gasteiger partial charge in [-0.3, -0.25) is 0 Å². The van der Waals surface area contributed by atoms with Crippen molar-refractivity contribution in [1.29, 1.82) is 0 Å². The van der Waals surface area contributed by atoms with Crippen molar-refractivity contribution in [3.8, 4) is 0 Å². The SMILES string of the molecule is CC(C)N(CCN)S(=O)(=O)c1cccc2ccccc12. The molecular formula is C15H20N2O2S. The third-order valence-corrected chi connectivity index (χ3v) is 5.40. The molecule has 2 N–H and O–H groups in total. The Bertz CT molecular complexity index is 691. The Balaban J connectivity index is 2.62. The lowest BCUT2D eigenvalue weighted by atomic mass is 10.1. The van der Waals surface area contributed by atoms with E-state index in [9.17, 15) is 8.42 Å². The van der Waals surface area contributed by atoms with E-state index >= 15 is 0 Å². The van der Waals surface area contributed by atoms with Crippen LogP contribution in [0.5, 0.6) is 0 Å². The normalized spacial score (nSPS) is 12.4. The molecule has 20 heavy (non-hydrogen) atoms. The highest BCUT2D eigenvalue weighted by Crippen LogP contribution is 2.26. The minimum Gasteiger partial charge on any atom is -0.329 e. The molecule has 0 aliphatic carbocycles. The molecule has 0 aliphatic heterocycles. The highest BCUT2D eigenvalue weighted by molar-refractivity contribution is 7.89. The van der Waals surface area contributed by atoms with E-state index in [0.29, 0.717) is 18.0 Å². The highest BCUT2D eigenvalue weighted by Gasteiger charge is 2.27. The predicted octanol–water partition coefficient (Wildman–Crippen LogP) is 2.20. The summed E-state index contributed by atoms with van der Waals surface area (Å²) in [5.41, 5.74) is 5.55. The van der Waals surface area contributed by atoms with Crippen molar-refractivity contribution in [2.24, 2.45) is 5.73 Å². The molecule has 0 atom stereocenters. The number of sulfonamides is 1. The third-order valence-electron chi connectivity index (χ3n) is 3.26. The zero-order valence-corrected chi connectivity index (χ0v) is 12.6. The summed E-state index contributed by atoms with van der Waals surface area (Å²) < 4.78 is 27.1. The van der Waals surface area contributed by atoms with Gasteiger partial charge in [0, 0.05) is 24.5 Å². The van der Waals surface area contributed by atoms with Crippen LogP contribution < -0.4 is 5.73 Å². The Labute approximate surface area is 120 Å². The minimum atomic E-state index is -3.54. The summed E-state index contributed by atoms with van der Waals surface area (Å²) >= 11 is 0. The smallest absolute Gasteiger partial charge is 0.243 e. The fourth-order valence-electron chi connectivity index (χ4n) is 2.33. The first kappa shape index (κ1) is 15.0. The summed E-state index contributed by atoms with van der Waals surface area (Å²) in [6.07, 6.45) is 0. The van der Waals surface area contributed by atoms with E-state index in [4.69, 9.17) is 5.73 Å². The second-order valence-electron chi connectivity index (χ2n) is 4.98. The molecule has 5 heteroatoms. The van der Waals surface area contributed by atoms with Gasteiger partial charge in [-0.15, -0.1) is 0 Å². The lowest BCUT2D eigenvalue weighted by molar-refractivity contribution is 0.361. The fourth-order valence-corrected chi connectivity index (χ4v) is 4.20. The molecule has 2 aromatic carbocycles. The van der Waals surface area contributed by atoms with E-state index in [1.165, 1.54) is 4.31 Å². The van der Waals surface area contributed by atoms with Crippen LogP contribution in [0.1, 0.15) is 13.8 Å². The zero-order valence-electron chi connectivity index (χ0n) is 11.8. The standard InChI is InChI=1S/C15H20N2O2S/c1-12(2)17(11-10-16)20(18,19)15-9-5-7-13-6-3-4-8-14(13)15/h3-9,12H,10-11,16H2,1-2H3. The molecular weight excluding hydrogens is 272 g/mol. The van der Waals surface area contributed by atoms with Crippen LogP contribution in [0, 0.1) is 0 Å². The fraction of sp³-hybridized carbons (Fsp3) is 0.333. The molecule has 0 spiro atoms. The number of fused-ring (bicyclic) bond motifs is 1. The average Bonchev–Trinajstić information content (AvgIpc) is 2.43. The van der Waals surface area contributed by atoms with Crippen molar-refractivity contribution in [1.82, 2.24) is 4.31 Å². The molecule has 4 nitrogen and oxygen atoms in total. The van der Waals surface area contributed by atoms with Gasteiger partial charge >= 0.3 is 0 Å². The van der Waals surface area contributed by atoms with Gasteiger partial charge in [-0.05, 0) is 25.3 Å². The first-order valence-electron chi connectivity index (χ1n) is 6.68. The van der Waals surface area contributed by atoms with Crippen molar-refractivity contribution in [3.63, 3.8) is 0 Å². The lowest BCUT2D eigenvalue weighted by Gasteiger charge is -2.26. The van der Waals surface area contributed by atoms with Crippen LogP contribution in [0.25, 0.3) is 10.8 Å². The first-order valence-corrected chi connectivity index (χ1v) is 8.12. The quantitative estimate of drug-likeness (QED) is 0.919. The van der Waals surface area contributed by atoms with E-state index in [0.717, 1.165) is 10.8 Å². The number of hydrogen-bond donors (Lipinski definition) is 1. The maximum absolute atomic E-state index is 12.8. The Morgan fingerprint density at radius 2 is 1.75 bits per heavy atom. The minimum absolute atomic E-state index is 0.123. The van der Waals surface area contributed by atoms with Crippen molar-refractivity contribution in [2.75, 3.05) is 13.1 Å².